The van der Waals surface area contributed by atoms with Crippen molar-refractivity contribution in [1.82, 2.24) is 5.32 Å². The molecule has 1 unspecified atom stereocenters. The molecule has 1 amide bonds. The number of hydrogen-bond acceptors (Lipinski definition) is 1. The molecule has 1 aliphatic heterocycles. The van der Waals surface area contributed by atoms with E-state index in [1.54, 1.807) is 6.07 Å². The van der Waals surface area contributed by atoms with Gasteiger partial charge in [-0.1, -0.05) is 29.3 Å². The van der Waals surface area contributed by atoms with Crippen molar-refractivity contribution in [1.29, 1.82) is 0 Å². The van der Waals surface area contributed by atoms with Gasteiger partial charge in [0.2, 0.25) is 5.91 Å². The van der Waals surface area contributed by atoms with Crippen molar-refractivity contribution in [3.63, 3.8) is 0 Å². The van der Waals surface area contributed by atoms with Gasteiger partial charge >= 0.3 is 0 Å². The van der Waals surface area contributed by atoms with E-state index in [1.807, 2.05) is 12.1 Å². The van der Waals surface area contributed by atoms with Gasteiger partial charge in [-0.3, -0.25) is 4.79 Å². The topological polar surface area (TPSA) is 29.1 Å². The maximum atomic E-state index is 11.2. The molecule has 1 fully saturated rings. The number of nitrogens with one attached hydrogen (secondary N) is 1. The molecule has 0 radical (unpaired) electrons. The minimum atomic E-state index is 0.0843. The van der Waals surface area contributed by atoms with Crippen LogP contribution >= 0.6 is 23.2 Å². The van der Waals surface area contributed by atoms with Crippen molar-refractivity contribution in [2.45, 2.75) is 25.3 Å². The predicted molar refractivity (Wildman–Crippen MR) is 61.2 cm³/mol. The van der Waals surface area contributed by atoms with E-state index in [1.165, 1.54) is 0 Å². The van der Waals surface area contributed by atoms with Crippen molar-refractivity contribution in [2.75, 3.05) is 0 Å². The van der Waals surface area contributed by atoms with Crippen LogP contribution in [-0.2, 0) is 4.79 Å². The molecule has 1 heterocycles. The molecule has 0 saturated carbocycles. The molecule has 0 bridgehead atoms. The summed E-state index contributed by atoms with van der Waals surface area (Å²) in [5.41, 5.74) is 1.03. The van der Waals surface area contributed by atoms with E-state index >= 15 is 0 Å². The Morgan fingerprint density at radius 2 is 2.07 bits per heavy atom. The maximum absolute atomic E-state index is 11.2. The van der Waals surface area contributed by atoms with E-state index in [9.17, 15) is 4.79 Å². The number of carbonyl (C=O) groups is 1. The normalized spacial score (nSPS) is 21.2. The molecule has 1 saturated heterocycles. The number of hydrogen-bond donors (Lipinski definition) is 1. The van der Waals surface area contributed by atoms with Gasteiger partial charge in [0, 0.05) is 6.42 Å². The molecule has 0 aromatic heterocycles. The molecular formula is C11H11Cl2NO. The van der Waals surface area contributed by atoms with Gasteiger partial charge < -0.3 is 5.32 Å². The van der Waals surface area contributed by atoms with Crippen molar-refractivity contribution in [2.24, 2.45) is 0 Å². The molecule has 0 spiro atoms. The van der Waals surface area contributed by atoms with Crippen LogP contribution in [-0.4, -0.2) is 5.91 Å². The summed E-state index contributed by atoms with van der Waals surface area (Å²) in [5, 5.41) is 4.02. The highest BCUT2D eigenvalue weighted by atomic mass is 35.5. The number of piperidine rings is 1. The summed E-state index contributed by atoms with van der Waals surface area (Å²) < 4.78 is 0. The lowest BCUT2D eigenvalue weighted by Crippen LogP contribution is -2.32. The second kappa shape index (κ2) is 4.42. The Kier molecular flexibility index (Phi) is 3.17. The van der Waals surface area contributed by atoms with E-state index in [2.05, 4.69) is 5.32 Å². The van der Waals surface area contributed by atoms with Crippen LogP contribution in [0.2, 0.25) is 10.0 Å². The van der Waals surface area contributed by atoms with Gasteiger partial charge in [0.1, 0.15) is 0 Å². The fraction of sp³-hybridized carbons (Fsp3) is 0.364. The van der Waals surface area contributed by atoms with Crippen LogP contribution in [0.25, 0.3) is 0 Å². The monoisotopic (exact) mass is 243 g/mol. The van der Waals surface area contributed by atoms with Crippen LogP contribution in [0.15, 0.2) is 18.2 Å². The van der Waals surface area contributed by atoms with Gasteiger partial charge in [-0.2, -0.15) is 0 Å². The number of carbonyl (C=O) groups excluding carboxylic acids is 1. The van der Waals surface area contributed by atoms with Crippen LogP contribution in [0.1, 0.15) is 30.9 Å². The summed E-state index contributed by atoms with van der Waals surface area (Å²) in [6.07, 6.45) is 2.51. The summed E-state index contributed by atoms with van der Waals surface area (Å²) in [6, 6.07) is 5.57. The van der Waals surface area contributed by atoms with Gasteiger partial charge in [0.05, 0.1) is 16.1 Å². The second-order valence-corrected chi connectivity index (χ2v) is 4.50. The molecular weight excluding hydrogens is 233 g/mol. The molecule has 80 valence electrons. The first-order valence-electron chi connectivity index (χ1n) is 4.91. The van der Waals surface area contributed by atoms with Gasteiger partial charge in [-0.25, -0.2) is 0 Å². The standard InChI is InChI=1S/C11H11Cl2NO/c12-8-5-4-7(6-9(8)13)10-2-1-3-11(15)14-10/h4-6,10H,1-3H2,(H,14,15). The minimum Gasteiger partial charge on any atom is -0.349 e. The Balaban J connectivity index is 2.21. The fourth-order valence-electron chi connectivity index (χ4n) is 1.78. The highest BCUT2D eigenvalue weighted by molar-refractivity contribution is 6.42. The average Bonchev–Trinajstić information content (AvgIpc) is 2.22. The molecule has 2 rings (SSSR count). The number of amides is 1. The summed E-state index contributed by atoms with van der Waals surface area (Å²) in [7, 11) is 0. The third-order valence-corrected chi connectivity index (χ3v) is 3.32. The van der Waals surface area contributed by atoms with Crippen molar-refractivity contribution < 1.29 is 4.79 Å². The van der Waals surface area contributed by atoms with Crippen LogP contribution in [0, 0.1) is 0 Å². The van der Waals surface area contributed by atoms with E-state index < -0.39 is 0 Å². The lowest BCUT2D eigenvalue weighted by atomic mass is 9.97. The first kappa shape index (κ1) is 10.8. The Hall–Kier alpha value is -0.730. The molecule has 4 heteroatoms. The van der Waals surface area contributed by atoms with Crippen molar-refractivity contribution in [3.05, 3.63) is 33.8 Å². The molecule has 15 heavy (non-hydrogen) atoms. The first-order chi connectivity index (χ1) is 7.16. The zero-order chi connectivity index (χ0) is 10.8. The van der Waals surface area contributed by atoms with Gasteiger partial charge in [0.15, 0.2) is 0 Å². The van der Waals surface area contributed by atoms with Crippen LogP contribution in [0.4, 0.5) is 0 Å². The highest BCUT2D eigenvalue weighted by Crippen LogP contribution is 2.29. The Morgan fingerprint density at radius 3 is 2.73 bits per heavy atom. The van der Waals surface area contributed by atoms with E-state index in [4.69, 9.17) is 23.2 Å². The first-order valence-corrected chi connectivity index (χ1v) is 5.67. The zero-order valence-corrected chi connectivity index (χ0v) is 9.61. The quantitative estimate of drug-likeness (QED) is 0.806. The fourth-order valence-corrected chi connectivity index (χ4v) is 2.09. The minimum absolute atomic E-state index is 0.0843. The third kappa shape index (κ3) is 2.44. The number of rotatable bonds is 1. The molecule has 1 atom stereocenters. The van der Waals surface area contributed by atoms with Crippen LogP contribution in [0.3, 0.4) is 0 Å². The molecule has 1 aliphatic rings. The number of halogens is 2. The SMILES string of the molecule is O=C1CCCC(c2ccc(Cl)c(Cl)c2)N1. The summed E-state index contributed by atoms with van der Waals surface area (Å²) in [5.74, 6) is 0.109. The zero-order valence-electron chi connectivity index (χ0n) is 8.09. The second-order valence-electron chi connectivity index (χ2n) is 3.69. The summed E-state index contributed by atoms with van der Waals surface area (Å²) in [4.78, 5) is 11.2. The van der Waals surface area contributed by atoms with Crippen LogP contribution < -0.4 is 5.32 Å². The molecule has 1 N–H and O–H groups in total. The predicted octanol–water partition coefficient (Wildman–Crippen LogP) is 3.33. The van der Waals surface area contributed by atoms with E-state index in [-0.39, 0.29) is 11.9 Å². The van der Waals surface area contributed by atoms with Crippen molar-refractivity contribution >= 4 is 29.1 Å². The Bertz CT molecular complexity index is 392. The Labute approximate surface area is 98.6 Å². The maximum Gasteiger partial charge on any atom is 0.220 e. The molecule has 0 aliphatic carbocycles. The van der Waals surface area contributed by atoms with Crippen LogP contribution in [0.5, 0.6) is 0 Å². The van der Waals surface area contributed by atoms with E-state index in [0.29, 0.717) is 16.5 Å². The largest absolute Gasteiger partial charge is 0.349 e. The van der Waals surface area contributed by atoms with E-state index in [0.717, 1.165) is 18.4 Å². The average molecular weight is 244 g/mol. The highest BCUT2D eigenvalue weighted by Gasteiger charge is 2.19. The Morgan fingerprint density at radius 1 is 1.27 bits per heavy atom. The lowest BCUT2D eigenvalue weighted by molar-refractivity contribution is -0.123. The van der Waals surface area contributed by atoms with Gasteiger partial charge in [0.25, 0.3) is 0 Å². The van der Waals surface area contributed by atoms with Gasteiger partial charge in [-0.05, 0) is 30.5 Å². The number of benzene rings is 1. The van der Waals surface area contributed by atoms with Crippen molar-refractivity contribution in [3.8, 4) is 0 Å². The van der Waals surface area contributed by atoms with Gasteiger partial charge in [-0.15, -0.1) is 0 Å². The summed E-state index contributed by atoms with van der Waals surface area (Å²) in [6.45, 7) is 0. The lowest BCUT2D eigenvalue weighted by Gasteiger charge is -2.23. The smallest absolute Gasteiger partial charge is 0.220 e. The molecule has 1 aromatic rings. The third-order valence-electron chi connectivity index (χ3n) is 2.58. The molecule has 2 nitrogen and oxygen atoms in total. The molecule has 1 aromatic carbocycles. The summed E-state index contributed by atoms with van der Waals surface area (Å²) >= 11 is 11.8.